The Kier molecular flexibility index (Phi) is 9.92. The summed E-state index contributed by atoms with van der Waals surface area (Å²) < 4.78 is 4.99. The second kappa shape index (κ2) is 11.7. The molecule has 0 saturated heterocycles. The molecule has 0 aliphatic carbocycles. The molecule has 0 atom stereocenters. The number of esters is 1. The third kappa shape index (κ3) is 7.73. The van der Waals surface area contributed by atoms with Crippen molar-refractivity contribution in [3.05, 3.63) is 29.8 Å². The molecule has 0 aliphatic heterocycles. The molecule has 1 aromatic rings. The van der Waals surface area contributed by atoms with E-state index in [9.17, 15) is 4.79 Å². The van der Waals surface area contributed by atoms with E-state index in [0.29, 0.717) is 17.5 Å². The van der Waals surface area contributed by atoms with Gasteiger partial charge < -0.3 is 9.64 Å². The minimum atomic E-state index is -0.283. The molecule has 0 saturated carbocycles. The zero-order valence-electron chi connectivity index (χ0n) is 15.7. The average Bonchev–Trinajstić information content (AvgIpc) is 2.59. The molecule has 0 aliphatic rings. The number of carbonyl (C=O) groups is 1. The van der Waals surface area contributed by atoms with Gasteiger partial charge in [0.05, 0.1) is 18.0 Å². The first kappa shape index (κ1) is 21.2. The predicted molar refractivity (Wildman–Crippen MR) is 107 cm³/mol. The Hall–Kier alpha value is -1.82. The number of nitrogens with zero attached hydrogens (tertiary/aromatic N) is 2. The number of aliphatic imine (C=N–C) groups is 1. The lowest BCUT2D eigenvalue weighted by Gasteiger charge is -2.24. The smallest absolute Gasteiger partial charge is 0.316 e. The highest BCUT2D eigenvalue weighted by molar-refractivity contribution is 8.16. The molecule has 0 radical (unpaired) electrons. The topological polar surface area (TPSA) is 65.8 Å². The zero-order chi connectivity index (χ0) is 18.7. The van der Waals surface area contributed by atoms with Gasteiger partial charge in [0.15, 0.2) is 5.84 Å². The van der Waals surface area contributed by atoms with E-state index in [2.05, 4.69) is 18.8 Å². The molecule has 0 spiro atoms. The molecular weight excluding hydrogens is 334 g/mol. The van der Waals surface area contributed by atoms with Crippen molar-refractivity contribution in [1.29, 1.82) is 5.41 Å². The summed E-state index contributed by atoms with van der Waals surface area (Å²) in [4.78, 5) is 18.3. The molecule has 0 unspecified atom stereocenters. The summed E-state index contributed by atoms with van der Waals surface area (Å²) in [5.74, 6) is 0.250. The molecule has 138 valence electrons. The second-order valence-corrected chi connectivity index (χ2v) is 6.65. The second-order valence-electron chi connectivity index (χ2n) is 5.68. The van der Waals surface area contributed by atoms with Crippen molar-refractivity contribution in [3.8, 4) is 0 Å². The number of carbonyl (C=O) groups excluding carboxylic acids is 1. The van der Waals surface area contributed by atoms with Gasteiger partial charge in [-0.05, 0) is 38.8 Å². The first-order chi connectivity index (χ1) is 12.0. The van der Waals surface area contributed by atoms with Crippen LogP contribution in [0.5, 0.6) is 0 Å². The number of thioether (sulfide) groups is 1. The molecule has 1 N–H and O–H groups in total. The van der Waals surface area contributed by atoms with Crippen LogP contribution in [0.1, 0.15) is 39.2 Å². The standard InChI is InChI=1S/C19H29N3O2S/c1-5-12-22(13-6-2)18(20)19(25-14-17(23)24-7-3)21-16-10-8-15(4)9-11-16/h8-11,20H,5-7,12-14H2,1-4H3. The highest BCUT2D eigenvalue weighted by Crippen LogP contribution is 2.18. The Balaban J connectivity index is 3.01. The molecule has 25 heavy (non-hydrogen) atoms. The van der Waals surface area contributed by atoms with Crippen LogP contribution in [0.4, 0.5) is 5.69 Å². The van der Waals surface area contributed by atoms with E-state index in [1.807, 2.05) is 36.1 Å². The average molecular weight is 364 g/mol. The van der Waals surface area contributed by atoms with E-state index in [4.69, 9.17) is 10.1 Å². The van der Waals surface area contributed by atoms with Crippen molar-refractivity contribution in [1.82, 2.24) is 4.90 Å². The van der Waals surface area contributed by atoms with Crippen molar-refractivity contribution in [2.24, 2.45) is 4.99 Å². The fourth-order valence-corrected chi connectivity index (χ4v) is 3.00. The van der Waals surface area contributed by atoms with Gasteiger partial charge in [-0.25, -0.2) is 4.99 Å². The summed E-state index contributed by atoms with van der Waals surface area (Å²) in [5, 5.41) is 9.12. The van der Waals surface area contributed by atoms with Gasteiger partial charge in [0, 0.05) is 13.1 Å². The summed E-state index contributed by atoms with van der Waals surface area (Å²) in [6, 6.07) is 7.84. The maximum Gasteiger partial charge on any atom is 0.316 e. The van der Waals surface area contributed by atoms with Gasteiger partial charge in [0.2, 0.25) is 0 Å². The number of ether oxygens (including phenoxy) is 1. The van der Waals surface area contributed by atoms with Crippen molar-refractivity contribution in [3.63, 3.8) is 0 Å². The van der Waals surface area contributed by atoms with Crippen LogP contribution in [0.15, 0.2) is 29.3 Å². The van der Waals surface area contributed by atoms with Crippen molar-refractivity contribution in [2.75, 3.05) is 25.4 Å². The van der Waals surface area contributed by atoms with Gasteiger partial charge in [-0.2, -0.15) is 0 Å². The van der Waals surface area contributed by atoms with E-state index in [1.54, 1.807) is 6.92 Å². The Morgan fingerprint density at radius 1 is 1.16 bits per heavy atom. The van der Waals surface area contributed by atoms with Gasteiger partial charge in [0.1, 0.15) is 5.04 Å². The van der Waals surface area contributed by atoms with Gasteiger partial charge >= 0.3 is 5.97 Å². The monoisotopic (exact) mass is 363 g/mol. The SMILES string of the molecule is CCCN(CCC)C(=N)C(=Nc1ccc(C)cc1)SCC(=O)OCC. The molecule has 0 amide bonds. The number of hydrogen-bond donors (Lipinski definition) is 1. The largest absolute Gasteiger partial charge is 0.465 e. The van der Waals surface area contributed by atoms with Crippen LogP contribution in [-0.2, 0) is 9.53 Å². The molecule has 1 aromatic carbocycles. The van der Waals surface area contributed by atoms with E-state index >= 15 is 0 Å². The zero-order valence-corrected chi connectivity index (χ0v) is 16.5. The molecule has 0 heterocycles. The Morgan fingerprint density at radius 2 is 1.76 bits per heavy atom. The third-order valence-electron chi connectivity index (χ3n) is 3.40. The number of aryl methyl sites for hydroxylation is 1. The lowest BCUT2D eigenvalue weighted by atomic mass is 10.2. The van der Waals surface area contributed by atoms with E-state index in [0.717, 1.165) is 37.2 Å². The first-order valence-corrected chi connectivity index (χ1v) is 9.77. The van der Waals surface area contributed by atoms with Gasteiger partial charge in [-0.15, -0.1) is 0 Å². The number of nitrogens with one attached hydrogen (secondary N) is 1. The minimum Gasteiger partial charge on any atom is -0.465 e. The Morgan fingerprint density at radius 3 is 2.28 bits per heavy atom. The van der Waals surface area contributed by atoms with E-state index < -0.39 is 0 Å². The lowest BCUT2D eigenvalue weighted by Crippen LogP contribution is -2.36. The van der Waals surface area contributed by atoms with Crippen LogP contribution in [0, 0.1) is 12.3 Å². The first-order valence-electron chi connectivity index (χ1n) is 8.79. The molecule has 0 fully saturated rings. The van der Waals surface area contributed by atoms with Gasteiger partial charge in [-0.3, -0.25) is 10.2 Å². The van der Waals surface area contributed by atoms with E-state index in [-0.39, 0.29) is 11.7 Å². The maximum atomic E-state index is 11.7. The van der Waals surface area contributed by atoms with Crippen LogP contribution in [-0.4, -0.2) is 47.2 Å². The predicted octanol–water partition coefficient (Wildman–Crippen LogP) is 4.42. The Bertz CT molecular complexity index is 579. The van der Waals surface area contributed by atoms with Crippen LogP contribution in [0.2, 0.25) is 0 Å². The van der Waals surface area contributed by atoms with Gasteiger partial charge in [-0.1, -0.05) is 43.3 Å². The van der Waals surface area contributed by atoms with Crippen LogP contribution >= 0.6 is 11.8 Å². The summed E-state index contributed by atoms with van der Waals surface area (Å²) >= 11 is 1.27. The number of amidine groups is 1. The fraction of sp³-hybridized carbons (Fsp3) is 0.526. The summed E-state index contributed by atoms with van der Waals surface area (Å²) in [5.41, 5.74) is 1.95. The number of benzene rings is 1. The highest BCUT2D eigenvalue weighted by Gasteiger charge is 2.17. The van der Waals surface area contributed by atoms with Crippen LogP contribution in [0.25, 0.3) is 0 Å². The summed E-state index contributed by atoms with van der Waals surface area (Å²) in [7, 11) is 0. The van der Waals surface area contributed by atoms with Crippen molar-refractivity contribution >= 4 is 34.3 Å². The molecule has 1 rings (SSSR count). The molecule has 0 bridgehead atoms. The molecule has 6 heteroatoms. The Labute approximate surface area is 155 Å². The normalized spacial score (nSPS) is 11.3. The van der Waals surface area contributed by atoms with Crippen LogP contribution in [0.3, 0.4) is 0 Å². The molecular formula is C19H29N3O2S. The number of rotatable bonds is 8. The van der Waals surface area contributed by atoms with Gasteiger partial charge in [0.25, 0.3) is 0 Å². The van der Waals surface area contributed by atoms with E-state index in [1.165, 1.54) is 11.8 Å². The summed E-state index contributed by atoms with van der Waals surface area (Å²) in [6.45, 7) is 9.97. The number of hydrogen-bond acceptors (Lipinski definition) is 5. The highest BCUT2D eigenvalue weighted by atomic mass is 32.2. The fourth-order valence-electron chi connectivity index (χ4n) is 2.23. The quantitative estimate of drug-likeness (QED) is 0.422. The van der Waals surface area contributed by atoms with Crippen molar-refractivity contribution in [2.45, 2.75) is 40.5 Å². The third-order valence-corrected chi connectivity index (χ3v) is 4.34. The summed E-state index contributed by atoms with van der Waals surface area (Å²) in [6.07, 6.45) is 1.92. The molecule has 5 nitrogen and oxygen atoms in total. The van der Waals surface area contributed by atoms with Crippen LogP contribution < -0.4 is 0 Å². The lowest BCUT2D eigenvalue weighted by molar-refractivity contribution is -0.139. The maximum absolute atomic E-state index is 11.7. The molecule has 0 aromatic heterocycles. The van der Waals surface area contributed by atoms with Crippen molar-refractivity contribution < 1.29 is 9.53 Å². The minimum absolute atomic E-state index is 0.160.